The molecule has 2 amide bonds. The number of hydrogen-bond donors (Lipinski definition) is 1. The molecule has 7 heteroatoms. The van der Waals surface area contributed by atoms with Crippen molar-refractivity contribution < 1.29 is 14.1 Å². The van der Waals surface area contributed by atoms with E-state index in [4.69, 9.17) is 4.52 Å². The topological polar surface area (TPSA) is 78.7 Å². The fourth-order valence-corrected chi connectivity index (χ4v) is 4.14. The summed E-state index contributed by atoms with van der Waals surface area (Å²) in [5, 5.41) is 7.74. The zero-order valence-corrected chi connectivity index (χ0v) is 17.7. The maximum atomic E-state index is 12.8. The first-order valence-corrected chi connectivity index (χ1v) is 10.4. The highest BCUT2D eigenvalue weighted by atomic mass is 16.5. The summed E-state index contributed by atoms with van der Waals surface area (Å²) in [5.41, 5.74) is 0.930. The third kappa shape index (κ3) is 5.13. The van der Waals surface area contributed by atoms with Gasteiger partial charge in [-0.2, -0.15) is 0 Å². The van der Waals surface area contributed by atoms with Gasteiger partial charge in [-0.05, 0) is 37.8 Å². The maximum Gasteiger partial charge on any atom is 0.222 e. The predicted molar refractivity (Wildman–Crippen MR) is 107 cm³/mol. The van der Waals surface area contributed by atoms with Crippen molar-refractivity contribution in [3.05, 3.63) is 17.5 Å². The molecule has 1 aromatic rings. The lowest BCUT2D eigenvalue weighted by Gasteiger charge is -2.37. The second-order valence-corrected chi connectivity index (χ2v) is 9.24. The number of nitrogens with zero attached hydrogens (tertiary/aromatic N) is 3. The highest BCUT2D eigenvalue weighted by Gasteiger charge is 2.31. The second kappa shape index (κ2) is 8.64. The minimum atomic E-state index is -0.0482. The molecule has 7 nitrogen and oxygen atoms in total. The first kappa shape index (κ1) is 20.8. The lowest BCUT2D eigenvalue weighted by molar-refractivity contribution is -0.139. The number of piperidine rings is 1. The molecule has 2 fully saturated rings. The number of aromatic nitrogens is 1. The van der Waals surface area contributed by atoms with Gasteiger partial charge >= 0.3 is 0 Å². The van der Waals surface area contributed by atoms with Crippen LogP contribution < -0.4 is 5.32 Å². The first-order valence-electron chi connectivity index (χ1n) is 10.4. The minimum Gasteiger partial charge on any atom is -0.361 e. The summed E-state index contributed by atoms with van der Waals surface area (Å²) in [6.07, 6.45) is 2.42. The summed E-state index contributed by atoms with van der Waals surface area (Å²) in [6.45, 7) is 12.4. The van der Waals surface area contributed by atoms with Crippen LogP contribution in [0.2, 0.25) is 0 Å². The van der Waals surface area contributed by atoms with Crippen LogP contribution in [0.3, 0.4) is 0 Å². The quantitative estimate of drug-likeness (QED) is 0.848. The maximum absolute atomic E-state index is 12.8. The Balaban J connectivity index is 1.57. The number of hydrogen-bond acceptors (Lipinski definition) is 5. The van der Waals surface area contributed by atoms with Gasteiger partial charge in [-0.15, -0.1) is 0 Å². The van der Waals surface area contributed by atoms with Gasteiger partial charge in [0.25, 0.3) is 0 Å². The smallest absolute Gasteiger partial charge is 0.222 e. The third-order valence-electron chi connectivity index (χ3n) is 6.05. The molecule has 156 valence electrons. The molecular weight excluding hydrogens is 356 g/mol. The van der Waals surface area contributed by atoms with Crippen molar-refractivity contribution in [1.29, 1.82) is 0 Å². The van der Waals surface area contributed by atoms with Crippen LogP contribution in [0.25, 0.3) is 0 Å². The van der Waals surface area contributed by atoms with E-state index in [1.807, 2.05) is 9.80 Å². The molecule has 2 atom stereocenters. The molecule has 3 rings (SSSR count). The van der Waals surface area contributed by atoms with E-state index in [9.17, 15) is 9.59 Å². The number of nitrogens with one attached hydrogen (secondary N) is 1. The normalized spacial score (nSPS) is 23.7. The van der Waals surface area contributed by atoms with Crippen molar-refractivity contribution in [2.45, 2.75) is 52.4 Å². The first-order chi connectivity index (χ1) is 13.2. The molecular formula is C21H34N4O3. The molecule has 0 aromatic carbocycles. The van der Waals surface area contributed by atoms with Gasteiger partial charge in [-0.3, -0.25) is 9.59 Å². The van der Waals surface area contributed by atoms with Gasteiger partial charge in [0.15, 0.2) is 0 Å². The molecule has 2 saturated heterocycles. The van der Waals surface area contributed by atoms with Gasteiger partial charge in [-0.25, -0.2) is 0 Å². The average molecular weight is 391 g/mol. The van der Waals surface area contributed by atoms with Crippen LogP contribution in [0.4, 0.5) is 0 Å². The Morgan fingerprint density at radius 3 is 2.46 bits per heavy atom. The summed E-state index contributed by atoms with van der Waals surface area (Å²) < 4.78 is 5.53. The van der Waals surface area contributed by atoms with Crippen LogP contribution in [0.5, 0.6) is 0 Å². The van der Waals surface area contributed by atoms with E-state index < -0.39 is 0 Å². The van der Waals surface area contributed by atoms with Crippen molar-refractivity contribution in [2.75, 3.05) is 39.3 Å². The Morgan fingerprint density at radius 1 is 1.18 bits per heavy atom. The van der Waals surface area contributed by atoms with Gasteiger partial charge in [-0.1, -0.05) is 25.9 Å². The molecule has 1 aromatic heterocycles. The minimum absolute atomic E-state index is 0.0482. The van der Waals surface area contributed by atoms with Crippen LogP contribution in [0, 0.1) is 11.8 Å². The number of piperazine rings is 1. The Morgan fingerprint density at radius 2 is 1.86 bits per heavy atom. The molecule has 3 heterocycles. The van der Waals surface area contributed by atoms with E-state index in [-0.39, 0.29) is 17.2 Å². The average Bonchev–Trinajstić information content (AvgIpc) is 3.12. The highest BCUT2D eigenvalue weighted by Crippen LogP contribution is 2.29. The molecule has 0 spiro atoms. The van der Waals surface area contributed by atoms with E-state index in [1.54, 1.807) is 6.92 Å². The molecule has 0 aliphatic carbocycles. The van der Waals surface area contributed by atoms with Gasteiger partial charge in [0.2, 0.25) is 11.8 Å². The van der Waals surface area contributed by atoms with E-state index in [1.165, 1.54) is 0 Å². The monoisotopic (exact) mass is 390 g/mol. The molecule has 2 unspecified atom stereocenters. The summed E-state index contributed by atoms with van der Waals surface area (Å²) in [6, 6.07) is 2.06. The van der Waals surface area contributed by atoms with Crippen LogP contribution in [-0.4, -0.2) is 66.0 Å². The summed E-state index contributed by atoms with van der Waals surface area (Å²) in [5.74, 6) is 1.95. The van der Waals surface area contributed by atoms with Crippen molar-refractivity contribution in [2.24, 2.45) is 11.8 Å². The van der Waals surface area contributed by atoms with E-state index in [0.717, 1.165) is 37.4 Å². The summed E-state index contributed by atoms with van der Waals surface area (Å²) in [4.78, 5) is 28.1. The zero-order valence-electron chi connectivity index (χ0n) is 17.7. The SMILES string of the molecule is CC(=O)N1CCN(C(=O)CC2CCNCC2Cc2cc(C(C)(C)C)on2)CC1. The van der Waals surface area contributed by atoms with E-state index in [0.29, 0.717) is 44.4 Å². The van der Waals surface area contributed by atoms with E-state index in [2.05, 4.69) is 37.3 Å². The standard InChI is InChI=1S/C21H34N4O3/c1-15(26)24-7-9-25(10-8-24)20(27)12-16-5-6-22-14-17(16)11-18-13-19(28-23-18)21(2,3)4/h13,16-17,22H,5-12,14H2,1-4H3. The van der Waals surface area contributed by atoms with Crippen molar-refractivity contribution in [3.63, 3.8) is 0 Å². The second-order valence-electron chi connectivity index (χ2n) is 9.24. The van der Waals surface area contributed by atoms with Crippen LogP contribution in [0.1, 0.15) is 52.0 Å². The fraction of sp³-hybridized carbons (Fsp3) is 0.762. The Labute approximate surface area is 167 Å². The summed E-state index contributed by atoms with van der Waals surface area (Å²) >= 11 is 0. The Hall–Kier alpha value is -1.89. The lowest BCUT2D eigenvalue weighted by Crippen LogP contribution is -2.51. The molecule has 0 radical (unpaired) electrons. The fourth-order valence-electron chi connectivity index (χ4n) is 4.14. The molecule has 0 bridgehead atoms. The van der Waals surface area contributed by atoms with Gasteiger partial charge in [0.1, 0.15) is 5.76 Å². The zero-order chi connectivity index (χ0) is 20.3. The third-order valence-corrected chi connectivity index (χ3v) is 6.05. The van der Waals surface area contributed by atoms with Gasteiger partial charge in [0.05, 0.1) is 5.69 Å². The van der Waals surface area contributed by atoms with Crippen molar-refractivity contribution in [3.8, 4) is 0 Å². The van der Waals surface area contributed by atoms with E-state index >= 15 is 0 Å². The Kier molecular flexibility index (Phi) is 6.43. The van der Waals surface area contributed by atoms with Gasteiger partial charge in [0, 0.05) is 51.0 Å². The molecule has 0 saturated carbocycles. The number of amides is 2. The Bertz CT molecular complexity index is 686. The molecule has 28 heavy (non-hydrogen) atoms. The van der Waals surface area contributed by atoms with Crippen molar-refractivity contribution in [1.82, 2.24) is 20.3 Å². The van der Waals surface area contributed by atoms with Crippen LogP contribution >= 0.6 is 0 Å². The predicted octanol–water partition coefficient (Wildman–Crippen LogP) is 1.82. The number of carbonyl (C=O) groups is 2. The van der Waals surface area contributed by atoms with Crippen LogP contribution in [0.15, 0.2) is 10.6 Å². The number of rotatable bonds is 4. The highest BCUT2D eigenvalue weighted by molar-refractivity contribution is 5.77. The molecule has 2 aliphatic heterocycles. The van der Waals surface area contributed by atoms with Crippen molar-refractivity contribution >= 4 is 11.8 Å². The van der Waals surface area contributed by atoms with Gasteiger partial charge < -0.3 is 19.6 Å². The molecule has 2 aliphatic rings. The largest absolute Gasteiger partial charge is 0.361 e. The summed E-state index contributed by atoms with van der Waals surface area (Å²) in [7, 11) is 0. The molecule has 1 N–H and O–H groups in total. The number of carbonyl (C=O) groups excluding carboxylic acids is 2. The van der Waals surface area contributed by atoms with Crippen LogP contribution in [-0.2, 0) is 21.4 Å². The lowest BCUT2D eigenvalue weighted by atomic mass is 9.80.